The third-order valence-electron chi connectivity index (χ3n) is 7.75. The average Bonchev–Trinajstić information content (AvgIpc) is 2.90. The second-order valence-electron chi connectivity index (χ2n) is 10.9. The van der Waals surface area contributed by atoms with Gasteiger partial charge in [-0.3, -0.25) is 9.69 Å². The molecule has 0 aromatic heterocycles. The van der Waals surface area contributed by atoms with Gasteiger partial charge >= 0.3 is 0 Å². The highest BCUT2D eigenvalue weighted by Gasteiger charge is 2.20. The number of carbonyl (C=O) groups excluding carboxylic acids is 1. The number of carbonyl (C=O) groups is 1. The van der Waals surface area contributed by atoms with Crippen LogP contribution in [0.5, 0.6) is 5.75 Å². The Bertz CT molecular complexity index is 1160. The van der Waals surface area contributed by atoms with E-state index in [-0.39, 0.29) is 11.9 Å². The SMILES string of the molecule is COc1cc(C)c(C(C)NC(=O)c2ccc(CN3CCC(Cc4ccccc4)CC3)cc2)cc1C(C)C. The summed E-state index contributed by atoms with van der Waals surface area (Å²) < 4.78 is 5.58. The van der Waals surface area contributed by atoms with E-state index in [0.29, 0.717) is 11.5 Å². The van der Waals surface area contributed by atoms with Crippen molar-refractivity contribution in [3.63, 3.8) is 0 Å². The minimum atomic E-state index is -0.0900. The molecule has 1 heterocycles. The van der Waals surface area contributed by atoms with E-state index in [1.165, 1.54) is 30.4 Å². The predicted octanol–water partition coefficient (Wildman–Crippen LogP) is 7.07. The van der Waals surface area contributed by atoms with Gasteiger partial charge < -0.3 is 10.1 Å². The molecule has 37 heavy (non-hydrogen) atoms. The van der Waals surface area contributed by atoms with Crippen molar-refractivity contribution < 1.29 is 9.53 Å². The number of ether oxygens (including phenoxy) is 1. The second kappa shape index (κ2) is 12.4. The number of methoxy groups -OCH3 is 1. The van der Waals surface area contributed by atoms with E-state index in [4.69, 9.17) is 4.74 Å². The molecular formula is C33H42N2O2. The molecule has 4 heteroatoms. The Balaban J connectivity index is 1.30. The zero-order chi connectivity index (χ0) is 26.4. The molecule has 1 amide bonds. The maximum Gasteiger partial charge on any atom is 0.251 e. The van der Waals surface area contributed by atoms with Gasteiger partial charge in [0, 0.05) is 12.1 Å². The van der Waals surface area contributed by atoms with E-state index in [9.17, 15) is 4.79 Å². The summed E-state index contributed by atoms with van der Waals surface area (Å²) in [5, 5.41) is 3.19. The number of likely N-dealkylation sites (tertiary alicyclic amines) is 1. The lowest BCUT2D eigenvalue weighted by Gasteiger charge is -2.32. The van der Waals surface area contributed by atoms with E-state index in [1.807, 2.05) is 19.1 Å². The number of hydrogen-bond donors (Lipinski definition) is 1. The fraction of sp³-hybridized carbons (Fsp3) is 0.424. The number of nitrogens with one attached hydrogen (secondary N) is 1. The third kappa shape index (κ3) is 7.01. The van der Waals surface area contributed by atoms with E-state index in [1.54, 1.807) is 7.11 Å². The smallest absolute Gasteiger partial charge is 0.251 e. The Kier molecular flexibility index (Phi) is 9.04. The molecule has 3 aromatic rings. The van der Waals surface area contributed by atoms with Gasteiger partial charge in [-0.2, -0.15) is 0 Å². The Labute approximate surface area is 223 Å². The molecule has 1 aliphatic heterocycles. The van der Waals surface area contributed by atoms with Gasteiger partial charge in [0.15, 0.2) is 0 Å². The summed E-state index contributed by atoms with van der Waals surface area (Å²) in [5.74, 6) is 1.99. The van der Waals surface area contributed by atoms with Crippen LogP contribution in [-0.4, -0.2) is 31.0 Å². The van der Waals surface area contributed by atoms with E-state index in [0.717, 1.165) is 48.0 Å². The van der Waals surface area contributed by atoms with E-state index < -0.39 is 0 Å². The fourth-order valence-corrected chi connectivity index (χ4v) is 5.48. The first-order valence-electron chi connectivity index (χ1n) is 13.7. The van der Waals surface area contributed by atoms with Crippen LogP contribution in [0.3, 0.4) is 0 Å². The maximum absolute atomic E-state index is 13.0. The van der Waals surface area contributed by atoms with Crippen molar-refractivity contribution in [2.45, 2.75) is 65.5 Å². The molecule has 3 aromatic carbocycles. The summed E-state index contributed by atoms with van der Waals surface area (Å²) in [7, 11) is 1.71. The number of aryl methyl sites for hydroxylation is 1. The maximum atomic E-state index is 13.0. The van der Waals surface area contributed by atoms with Gasteiger partial charge in [-0.05, 0) is 110 Å². The van der Waals surface area contributed by atoms with Crippen LogP contribution < -0.4 is 10.1 Å². The lowest BCUT2D eigenvalue weighted by Crippen LogP contribution is -2.33. The zero-order valence-electron chi connectivity index (χ0n) is 23.1. The van der Waals surface area contributed by atoms with Crippen LogP contribution in [0.25, 0.3) is 0 Å². The molecule has 0 radical (unpaired) electrons. The number of nitrogens with zero attached hydrogens (tertiary/aromatic N) is 1. The van der Waals surface area contributed by atoms with Crippen molar-refractivity contribution in [2.75, 3.05) is 20.2 Å². The van der Waals surface area contributed by atoms with Crippen LogP contribution in [0.2, 0.25) is 0 Å². The zero-order valence-corrected chi connectivity index (χ0v) is 23.1. The normalized spacial score (nSPS) is 15.5. The summed E-state index contributed by atoms with van der Waals surface area (Å²) in [6.07, 6.45) is 3.68. The first-order chi connectivity index (χ1) is 17.8. The number of rotatable bonds is 9. The van der Waals surface area contributed by atoms with Crippen LogP contribution in [0.4, 0.5) is 0 Å². The summed E-state index contributed by atoms with van der Waals surface area (Å²) in [6.45, 7) is 11.7. The van der Waals surface area contributed by atoms with E-state index in [2.05, 4.69) is 85.6 Å². The monoisotopic (exact) mass is 498 g/mol. The molecule has 1 N–H and O–H groups in total. The Morgan fingerprint density at radius 1 is 0.946 bits per heavy atom. The van der Waals surface area contributed by atoms with Gasteiger partial charge in [-0.1, -0.05) is 56.3 Å². The Morgan fingerprint density at radius 3 is 2.24 bits per heavy atom. The number of hydrogen-bond acceptors (Lipinski definition) is 3. The van der Waals surface area contributed by atoms with Gasteiger partial charge in [0.1, 0.15) is 5.75 Å². The molecule has 1 saturated heterocycles. The molecule has 0 saturated carbocycles. The minimum Gasteiger partial charge on any atom is -0.496 e. The molecule has 4 nitrogen and oxygen atoms in total. The summed E-state index contributed by atoms with van der Waals surface area (Å²) >= 11 is 0. The summed E-state index contributed by atoms with van der Waals surface area (Å²) in [6, 6.07) is 23.1. The quantitative estimate of drug-likeness (QED) is 0.343. The molecule has 196 valence electrons. The third-order valence-corrected chi connectivity index (χ3v) is 7.75. The lowest BCUT2D eigenvalue weighted by atomic mass is 9.90. The predicted molar refractivity (Wildman–Crippen MR) is 152 cm³/mol. The van der Waals surface area contributed by atoms with Crippen molar-refractivity contribution >= 4 is 5.91 Å². The molecule has 1 atom stereocenters. The molecule has 0 spiro atoms. The van der Waals surface area contributed by atoms with Gasteiger partial charge in [-0.25, -0.2) is 0 Å². The van der Waals surface area contributed by atoms with Gasteiger partial charge in [-0.15, -0.1) is 0 Å². The van der Waals surface area contributed by atoms with Crippen LogP contribution in [-0.2, 0) is 13.0 Å². The van der Waals surface area contributed by atoms with Crippen LogP contribution >= 0.6 is 0 Å². The molecule has 4 rings (SSSR count). The summed E-state index contributed by atoms with van der Waals surface area (Å²) in [4.78, 5) is 15.6. The fourth-order valence-electron chi connectivity index (χ4n) is 5.48. The highest BCUT2D eigenvalue weighted by Crippen LogP contribution is 2.32. The first-order valence-corrected chi connectivity index (χ1v) is 13.7. The van der Waals surface area contributed by atoms with Crippen molar-refractivity contribution in [2.24, 2.45) is 5.92 Å². The van der Waals surface area contributed by atoms with Crippen molar-refractivity contribution in [1.29, 1.82) is 0 Å². The molecule has 1 unspecified atom stereocenters. The summed E-state index contributed by atoms with van der Waals surface area (Å²) in [5.41, 5.74) is 6.83. The number of amides is 1. The number of benzene rings is 3. The lowest BCUT2D eigenvalue weighted by molar-refractivity contribution is 0.0939. The highest BCUT2D eigenvalue weighted by atomic mass is 16.5. The Hall–Kier alpha value is -3.11. The van der Waals surface area contributed by atoms with Crippen molar-refractivity contribution in [3.8, 4) is 5.75 Å². The molecule has 1 fully saturated rings. The van der Waals surface area contributed by atoms with Crippen LogP contribution in [0, 0.1) is 12.8 Å². The van der Waals surface area contributed by atoms with Gasteiger partial charge in [0.2, 0.25) is 0 Å². The number of piperidine rings is 1. The molecular weight excluding hydrogens is 456 g/mol. The first kappa shape index (κ1) is 26.9. The molecule has 1 aliphatic rings. The Morgan fingerprint density at radius 2 is 1.62 bits per heavy atom. The van der Waals surface area contributed by atoms with Crippen LogP contribution in [0.1, 0.15) is 83.7 Å². The van der Waals surface area contributed by atoms with Crippen molar-refractivity contribution in [1.82, 2.24) is 10.2 Å². The molecule has 0 bridgehead atoms. The minimum absolute atomic E-state index is 0.0397. The standard InChI is InChI=1S/C33H42N2O2/c1-23(2)30-21-31(24(3)19-32(30)37-5)25(4)34-33(36)29-13-11-28(12-14-29)22-35-17-15-27(16-18-35)20-26-9-7-6-8-10-26/h6-14,19,21,23,25,27H,15-18,20,22H2,1-5H3,(H,34,36). The average molecular weight is 499 g/mol. The van der Waals surface area contributed by atoms with Crippen LogP contribution in [0.15, 0.2) is 66.7 Å². The molecule has 0 aliphatic carbocycles. The van der Waals surface area contributed by atoms with Crippen molar-refractivity contribution in [3.05, 3.63) is 100 Å². The van der Waals surface area contributed by atoms with Gasteiger partial charge in [0.05, 0.1) is 13.2 Å². The second-order valence-corrected chi connectivity index (χ2v) is 10.9. The van der Waals surface area contributed by atoms with E-state index >= 15 is 0 Å². The topological polar surface area (TPSA) is 41.6 Å². The highest BCUT2D eigenvalue weighted by molar-refractivity contribution is 5.94. The largest absolute Gasteiger partial charge is 0.496 e. The van der Waals surface area contributed by atoms with Gasteiger partial charge in [0.25, 0.3) is 5.91 Å².